The summed E-state index contributed by atoms with van der Waals surface area (Å²) in [6.07, 6.45) is 44.6. The molecule has 344 valence electrons. The summed E-state index contributed by atoms with van der Waals surface area (Å²) in [6, 6.07) is -0.831. The number of hydrogen-bond acceptors (Lipinski definition) is 8. The number of nitrogens with one attached hydrogen (secondary N) is 1. The third kappa shape index (κ3) is 30.8. The molecule has 59 heavy (non-hydrogen) atoms. The monoisotopic (exact) mass is 834 g/mol. The molecule has 6 N–H and O–H groups in total. The van der Waals surface area contributed by atoms with Crippen molar-refractivity contribution in [3.8, 4) is 0 Å². The minimum atomic E-state index is -1.58. The summed E-state index contributed by atoms with van der Waals surface area (Å²) < 4.78 is 11.2. The molecule has 0 aromatic carbocycles. The lowest BCUT2D eigenvalue weighted by Crippen LogP contribution is -2.60. The average Bonchev–Trinajstić information content (AvgIpc) is 3.23. The van der Waals surface area contributed by atoms with E-state index in [1.54, 1.807) is 6.08 Å². The Hall–Kier alpha value is -1.85. The van der Waals surface area contributed by atoms with Crippen molar-refractivity contribution >= 4 is 5.91 Å². The van der Waals surface area contributed by atoms with Crippen LogP contribution in [0.15, 0.2) is 48.6 Å². The third-order valence-corrected chi connectivity index (χ3v) is 11.4. The van der Waals surface area contributed by atoms with Gasteiger partial charge in [0.05, 0.1) is 25.4 Å². The van der Waals surface area contributed by atoms with E-state index in [4.69, 9.17) is 9.47 Å². The number of rotatable bonds is 40. The first-order valence-electron chi connectivity index (χ1n) is 24.4. The SMILES string of the molecule is CCCCC/C=C\CCCCCCCC(=O)NC(COC1OC(CO)C(O)C(O)C1O)C(O)/C=C/CC/C=C/CC/C=C/CCCCCCCCCCCCCCCC. The fourth-order valence-corrected chi connectivity index (χ4v) is 7.42. The Bertz CT molecular complexity index is 1060. The summed E-state index contributed by atoms with van der Waals surface area (Å²) in [4.78, 5) is 12.9. The van der Waals surface area contributed by atoms with E-state index in [1.807, 2.05) is 6.08 Å². The Morgan fingerprint density at radius 2 is 0.966 bits per heavy atom. The molecule has 0 bridgehead atoms. The number of carbonyl (C=O) groups excluding carboxylic acids is 1. The molecule has 1 amide bonds. The molecule has 1 aliphatic heterocycles. The van der Waals surface area contributed by atoms with Gasteiger partial charge in [-0.15, -0.1) is 0 Å². The molecule has 9 heteroatoms. The lowest BCUT2D eigenvalue weighted by atomic mass is 9.99. The number of allylic oxidation sites excluding steroid dienone is 7. The van der Waals surface area contributed by atoms with E-state index in [-0.39, 0.29) is 12.5 Å². The maximum absolute atomic E-state index is 12.9. The van der Waals surface area contributed by atoms with E-state index in [2.05, 4.69) is 55.6 Å². The molecule has 0 aromatic rings. The molecule has 1 fully saturated rings. The van der Waals surface area contributed by atoms with Crippen LogP contribution in [0, 0.1) is 0 Å². The summed E-state index contributed by atoms with van der Waals surface area (Å²) in [6.45, 7) is 3.72. The molecule has 9 nitrogen and oxygen atoms in total. The van der Waals surface area contributed by atoms with Crippen molar-refractivity contribution in [2.24, 2.45) is 0 Å². The number of carbonyl (C=O) groups is 1. The molecule has 0 spiro atoms. The predicted molar refractivity (Wildman–Crippen MR) is 244 cm³/mol. The van der Waals surface area contributed by atoms with E-state index in [0.717, 1.165) is 70.6 Å². The van der Waals surface area contributed by atoms with Crippen LogP contribution in [0.5, 0.6) is 0 Å². The predicted octanol–water partition coefficient (Wildman–Crippen LogP) is 10.6. The Morgan fingerprint density at radius 1 is 0.559 bits per heavy atom. The highest BCUT2D eigenvalue weighted by Gasteiger charge is 2.44. The Labute approximate surface area is 361 Å². The zero-order valence-electron chi connectivity index (χ0n) is 37.7. The van der Waals surface area contributed by atoms with Crippen molar-refractivity contribution < 1.29 is 39.8 Å². The van der Waals surface area contributed by atoms with Crippen molar-refractivity contribution in [2.45, 2.75) is 249 Å². The summed E-state index contributed by atoms with van der Waals surface area (Å²) >= 11 is 0. The van der Waals surface area contributed by atoms with Gasteiger partial charge in [0, 0.05) is 6.42 Å². The number of hydrogen-bond donors (Lipinski definition) is 6. The first kappa shape index (κ1) is 55.2. The van der Waals surface area contributed by atoms with Crippen LogP contribution in [-0.4, -0.2) is 87.5 Å². The molecular weight excluding hydrogens is 743 g/mol. The minimum Gasteiger partial charge on any atom is -0.394 e. The number of aliphatic hydroxyl groups is 5. The molecular formula is C50H91NO8. The van der Waals surface area contributed by atoms with Crippen LogP contribution >= 0.6 is 0 Å². The van der Waals surface area contributed by atoms with Crippen LogP contribution in [0.4, 0.5) is 0 Å². The van der Waals surface area contributed by atoms with Gasteiger partial charge in [0.2, 0.25) is 5.91 Å². The van der Waals surface area contributed by atoms with E-state index >= 15 is 0 Å². The second-order valence-corrected chi connectivity index (χ2v) is 16.9. The van der Waals surface area contributed by atoms with Crippen molar-refractivity contribution in [2.75, 3.05) is 13.2 Å². The van der Waals surface area contributed by atoms with Crippen LogP contribution in [0.2, 0.25) is 0 Å². The second kappa shape index (κ2) is 40.2. The molecule has 7 unspecified atom stereocenters. The van der Waals surface area contributed by atoms with Crippen LogP contribution in [0.3, 0.4) is 0 Å². The first-order valence-corrected chi connectivity index (χ1v) is 24.4. The number of unbranched alkanes of at least 4 members (excludes halogenated alkanes) is 24. The standard InChI is InChI=1S/C50H91NO8/c1-3-5-7-9-11-13-15-17-18-19-20-21-22-23-24-25-26-27-28-29-31-33-35-37-39-44(53)43(42-58-50-49(57)48(56)47(55)45(41-52)59-50)51-46(54)40-38-36-34-32-30-16-14-12-10-8-6-4-2/h12,14,25-26,29,31,37,39,43-45,47-50,52-53,55-57H,3-11,13,15-24,27-28,30,32-36,38,40-42H2,1-2H3,(H,51,54)/b14-12-,26-25+,31-29+,39-37+. The largest absolute Gasteiger partial charge is 0.394 e. The lowest BCUT2D eigenvalue weighted by Gasteiger charge is -2.40. The molecule has 1 rings (SSSR count). The molecule has 0 aliphatic carbocycles. The quantitative estimate of drug-likeness (QED) is 0.0264. The summed E-state index contributed by atoms with van der Waals surface area (Å²) in [5, 5.41) is 54.2. The van der Waals surface area contributed by atoms with Crippen molar-refractivity contribution in [3.05, 3.63) is 48.6 Å². The van der Waals surface area contributed by atoms with Crippen LogP contribution in [0.25, 0.3) is 0 Å². The fraction of sp³-hybridized carbons (Fsp3) is 0.820. The molecule has 0 radical (unpaired) electrons. The number of amides is 1. The normalized spacial score (nSPS) is 21.1. The third-order valence-electron chi connectivity index (χ3n) is 11.4. The maximum atomic E-state index is 12.9. The highest BCUT2D eigenvalue weighted by molar-refractivity contribution is 5.76. The van der Waals surface area contributed by atoms with Crippen LogP contribution in [0.1, 0.15) is 206 Å². The van der Waals surface area contributed by atoms with Gasteiger partial charge in [-0.05, 0) is 70.6 Å². The average molecular weight is 834 g/mol. The van der Waals surface area contributed by atoms with Gasteiger partial charge >= 0.3 is 0 Å². The number of aliphatic hydroxyl groups excluding tert-OH is 5. The van der Waals surface area contributed by atoms with E-state index in [1.165, 1.54) is 116 Å². The highest BCUT2D eigenvalue weighted by atomic mass is 16.7. The van der Waals surface area contributed by atoms with Crippen LogP contribution < -0.4 is 5.32 Å². The second-order valence-electron chi connectivity index (χ2n) is 16.9. The van der Waals surface area contributed by atoms with Gasteiger partial charge in [0.25, 0.3) is 0 Å². The van der Waals surface area contributed by atoms with Gasteiger partial charge in [-0.1, -0.05) is 178 Å². The highest BCUT2D eigenvalue weighted by Crippen LogP contribution is 2.22. The fourth-order valence-electron chi connectivity index (χ4n) is 7.42. The van der Waals surface area contributed by atoms with Crippen LogP contribution in [-0.2, 0) is 14.3 Å². The first-order chi connectivity index (χ1) is 28.8. The van der Waals surface area contributed by atoms with E-state index < -0.39 is 49.5 Å². The molecule has 1 aliphatic rings. The van der Waals surface area contributed by atoms with Crippen molar-refractivity contribution in [3.63, 3.8) is 0 Å². The summed E-state index contributed by atoms with van der Waals surface area (Å²) in [5.41, 5.74) is 0. The summed E-state index contributed by atoms with van der Waals surface area (Å²) in [7, 11) is 0. The molecule has 1 heterocycles. The Morgan fingerprint density at radius 3 is 1.46 bits per heavy atom. The zero-order valence-corrected chi connectivity index (χ0v) is 37.7. The Kier molecular flexibility index (Phi) is 37.6. The minimum absolute atomic E-state index is 0.202. The number of ether oxygens (including phenoxy) is 2. The van der Waals surface area contributed by atoms with Crippen molar-refractivity contribution in [1.82, 2.24) is 5.32 Å². The molecule has 0 aromatic heterocycles. The Balaban J connectivity index is 2.33. The van der Waals surface area contributed by atoms with Gasteiger partial charge < -0.3 is 40.3 Å². The zero-order chi connectivity index (χ0) is 43.0. The topological polar surface area (TPSA) is 149 Å². The summed E-state index contributed by atoms with van der Waals surface area (Å²) in [5.74, 6) is -0.202. The van der Waals surface area contributed by atoms with Gasteiger partial charge in [0.15, 0.2) is 6.29 Å². The van der Waals surface area contributed by atoms with Gasteiger partial charge in [0.1, 0.15) is 24.4 Å². The van der Waals surface area contributed by atoms with Gasteiger partial charge in [-0.2, -0.15) is 0 Å². The van der Waals surface area contributed by atoms with E-state index in [0.29, 0.717) is 6.42 Å². The molecule has 7 atom stereocenters. The van der Waals surface area contributed by atoms with Crippen molar-refractivity contribution in [1.29, 1.82) is 0 Å². The van der Waals surface area contributed by atoms with Gasteiger partial charge in [-0.3, -0.25) is 4.79 Å². The molecule has 1 saturated heterocycles. The maximum Gasteiger partial charge on any atom is 0.220 e. The smallest absolute Gasteiger partial charge is 0.220 e. The lowest BCUT2D eigenvalue weighted by molar-refractivity contribution is -0.302. The molecule has 0 saturated carbocycles. The van der Waals surface area contributed by atoms with Gasteiger partial charge in [-0.25, -0.2) is 0 Å². The van der Waals surface area contributed by atoms with E-state index in [9.17, 15) is 30.3 Å².